The Morgan fingerprint density at radius 3 is 2.58 bits per heavy atom. The molecule has 1 aromatic rings. The van der Waals surface area contributed by atoms with E-state index in [1.807, 2.05) is 18.2 Å². The Hall–Kier alpha value is -1.73. The molecule has 2 N–H and O–H groups in total. The predicted octanol–water partition coefficient (Wildman–Crippen LogP) is 2.14. The van der Waals surface area contributed by atoms with Crippen LogP contribution in [0.1, 0.15) is 25.0 Å². The zero-order valence-electron chi connectivity index (χ0n) is 16.3. The summed E-state index contributed by atoms with van der Waals surface area (Å²) in [6.07, 6.45) is 3.01. The summed E-state index contributed by atoms with van der Waals surface area (Å²) >= 11 is 1.77. The zero-order chi connectivity index (χ0) is 19.2. The molecule has 0 heterocycles. The van der Waals surface area contributed by atoms with Crippen LogP contribution in [0, 0.1) is 0 Å². The normalized spacial score (nSPS) is 12.5. The summed E-state index contributed by atoms with van der Waals surface area (Å²) in [7, 11) is 3.47. The van der Waals surface area contributed by atoms with Crippen LogP contribution in [0.2, 0.25) is 0 Å². The number of carbonyl (C=O) groups is 1. The van der Waals surface area contributed by atoms with E-state index in [1.165, 1.54) is 5.56 Å². The molecule has 1 aromatic carbocycles. The molecule has 146 valence electrons. The molecular weight excluding hydrogens is 348 g/mol. The van der Waals surface area contributed by atoms with Gasteiger partial charge in [-0.1, -0.05) is 30.3 Å². The van der Waals surface area contributed by atoms with Gasteiger partial charge in [-0.2, -0.15) is 11.8 Å². The van der Waals surface area contributed by atoms with Gasteiger partial charge in [-0.15, -0.1) is 0 Å². The van der Waals surface area contributed by atoms with Crippen molar-refractivity contribution in [1.82, 2.24) is 15.5 Å². The van der Waals surface area contributed by atoms with Gasteiger partial charge in [0, 0.05) is 39.5 Å². The van der Waals surface area contributed by atoms with Crippen LogP contribution in [0.4, 0.5) is 0 Å². The smallest absolute Gasteiger partial charge is 0.243 e. The van der Waals surface area contributed by atoms with E-state index >= 15 is 0 Å². The molecule has 1 unspecified atom stereocenters. The third kappa shape index (κ3) is 9.68. The number of carbonyl (C=O) groups excluding carboxylic acids is 1. The molecule has 0 radical (unpaired) electrons. The van der Waals surface area contributed by atoms with Gasteiger partial charge in [0.05, 0.1) is 6.10 Å². The standard InChI is InChI=1S/C19H32N4O2S/c1-16(17-9-6-5-7-10-17)25-13-8-11-20-19(21-12-14-26-4)22-15-18(24)23(2)3/h5-7,9-10,16H,8,11-15H2,1-4H3,(H2,20,21,22). The quantitative estimate of drug-likeness (QED) is 0.350. The van der Waals surface area contributed by atoms with E-state index in [-0.39, 0.29) is 18.6 Å². The Morgan fingerprint density at radius 1 is 1.23 bits per heavy atom. The van der Waals surface area contributed by atoms with Gasteiger partial charge in [0.1, 0.15) is 6.54 Å². The Labute approximate surface area is 161 Å². The number of thioether (sulfide) groups is 1. The molecule has 6 nitrogen and oxygen atoms in total. The van der Waals surface area contributed by atoms with E-state index in [1.54, 1.807) is 30.8 Å². The molecule has 26 heavy (non-hydrogen) atoms. The highest BCUT2D eigenvalue weighted by Gasteiger charge is 2.06. The van der Waals surface area contributed by atoms with Crippen LogP contribution in [0.15, 0.2) is 35.3 Å². The number of guanidine groups is 1. The average Bonchev–Trinajstić information content (AvgIpc) is 2.65. The van der Waals surface area contributed by atoms with Crippen molar-refractivity contribution in [3.8, 4) is 0 Å². The molecule has 0 aliphatic rings. The van der Waals surface area contributed by atoms with Crippen LogP contribution < -0.4 is 10.6 Å². The first-order valence-corrected chi connectivity index (χ1v) is 10.3. The van der Waals surface area contributed by atoms with Gasteiger partial charge in [-0.05, 0) is 25.2 Å². The van der Waals surface area contributed by atoms with E-state index in [2.05, 4.69) is 40.9 Å². The lowest BCUT2D eigenvalue weighted by atomic mass is 10.1. The Bertz CT molecular complexity index is 538. The molecule has 0 spiro atoms. The average molecular weight is 381 g/mol. The number of aliphatic imine (C=N–C) groups is 1. The van der Waals surface area contributed by atoms with Gasteiger partial charge < -0.3 is 20.3 Å². The summed E-state index contributed by atoms with van der Waals surface area (Å²) in [6, 6.07) is 10.2. The minimum absolute atomic E-state index is 0.0176. The molecule has 0 aliphatic heterocycles. The lowest BCUT2D eigenvalue weighted by molar-refractivity contribution is -0.127. The number of nitrogens with zero attached hydrogens (tertiary/aromatic N) is 2. The molecule has 0 aromatic heterocycles. The Kier molecular flexibility index (Phi) is 11.6. The SMILES string of the molecule is CSCCNC(=NCC(=O)N(C)C)NCCCOC(C)c1ccccc1. The fourth-order valence-corrected chi connectivity index (χ4v) is 2.40. The first-order valence-electron chi connectivity index (χ1n) is 8.92. The summed E-state index contributed by atoms with van der Waals surface area (Å²) in [6.45, 7) is 4.42. The highest BCUT2D eigenvalue weighted by molar-refractivity contribution is 7.98. The highest BCUT2D eigenvalue weighted by Crippen LogP contribution is 2.15. The topological polar surface area (TPSA) is 66.0 Å². The van der Waals surface area contributed by atoms with Gasteiger partial charge in [-0.3, -0.25) is 4.79 Å². The maximum Gasteiger partial charge on any atom is 0.243 e. The minimum Gasteiger partial charge on any atom is -0.374 e. The molecule has 0 saturated carbocycles. The second-order valence-corrected chi connectivity index (χ2v) is 7.06. The first kappa shape index (κ1) is 22.3. The van der Waals surface area contributed by atoms with Crippen LogP contribution in [0.3, 0.4) is 0 Å². The van der Waals surface area contributed by atoms with E-state index in [9.17, 15) is 4.79 Å². The van der Waals surface area contributed by atoms with Crippen molar-refractivity contribution >= 4 is 23.6 Å². The number of benzene rings is 1. The number of hydrogen-bond acceptors (Lipinski definition) is 4. The van der Waals surface area contributed by atoms with Crippen molar-refractivity contribution in [2.24, 2.45) is 4.99 Å². The van der Waals surface area contributed by atoms with Crippen molar-refractivity contribution in [2.75, 3.05) is 52.3 Å². The van der Waals surface area contributed by atoms with Gasteiger partial charge in [0.2, 0.25) is 5.91 Å². The van der Waals surface area contributed by atoms with Gasteiger partial charge in [0.25, 0.3) is 0 Å². The molecule has 7 heteroatoms. The maximum atomic E-state index is 11.7. The Morgan fingerprint density at radius 2 is 1.92 bits per heavy atom. The summed E-state index contributed by atoms with van der Waals surface area (Å²) in [4.78, 5) is 17.6. The summed E-state index contributed by atoms with van der Waals surface area (Å²) in [5, 5.41) is 6.51. The number of likely N-dealkylation sites (N-methyl/N-ethyl adjacent to an activating group) is 1. The lowest BCUT2D eigenvalue weighted by Gasteiger charge is -2.15. The van der Waals surface area contributed by atoms with Crippen molar-refractivity contribution in [3.05, 3.63) is 35.9 Å². The van der Waals surface area contributed by atoms with Crippen LogP contribution in [0.5, 0.6) is 0 Å². The number of rotatable bonds is 11. The minimum atomic E-state index is -0.0176. The molecule has 1 amide bonds. The molecule has 1 rings (SSSR count). The van der Waals surface area contributed by atoms with Crippen LogP contribution in [-0.4, -0.2) is 69.1 Å². The second-order valence-electron chi connectivity index (χ2n) is 6.08. The third-order valence-corrected chi connectivity index (χ3v) is 4.33. The van der Waals surface area contributed by atoms with Crippen molar-refractivity contribution in [1.29, 1.82) is 0 Å². The number of nitrogens with one attached hydrogen (secondary N) is 2. The summed E-state index contributed by atoms with van der Waals surface area (Å²) in [5.41, 5.74) is 1.18. The van der Waals surface area contributed by atoms with Crippen molar-refractivity contribution < 1.29 is 9.53 Å². The zero-order valence-corrected chi connectivity index (χ0v) is 17.1. The number of hydrogen-bond donors (Lipinski definition) is 2. The monoisotopic (exact) mass is 380 g/mol. The van der Waals surface area contributed by atoms with Crippen molar-refractivity contribution in [3.63, 3.8) is 0 Å². The van der Waals surface area contributed by atoms with E-state index in [0.29, 0.717) is 12.6 Å². The highest BCUT2D eigenvalue weighted by atomic mass is 32.2. The number of amides is 1. The molecule has 0 fully saturated rings. The Balaban J connectivity index is 2.33. The van der Waals surface area contributed by atoms with Gasteiger partial charge in [-0.25, -0.2) is 4.99 Å². The molecule has 0 saturated heterocycles. The van der Waals surface area contributed by atoms with Crippen LogP contribution >= 0.6 is 11.8 Å². The fourth-order valence-electron chi connectivity index (χ4n) is 2.09. The second kappa shape index (κ2) is 13.5. The van der Waals surface area contributed by atoms with E-state index in [0.717, 1.165) is 25.3 Å². The predicted molar refractivity (Wildman–Crippen MR) is 111 cm³/mol. The van der Waals surface area contributed by atoms with Crippen LogP contribution in [0.25, 0.3) is 0 Å². The molecule has 0 bridgehead atoms. The largest absolute Gasteiger partial charge is 0.374 e. The third-order valence-electron chi connectivity index (χ3n) is 3.72. The number of ether oxygens (including phenoxy) is 1. The van der Waals surface area contributed by atoms with E-state index < -0.39 is 0 Å². The van der Waals surface area contributed by atoms with Crippen molar-refractivity contribution in [2.45, 2.75) is 19.4 Å². The van der Waals surface area contributed by atoms with Crippen LogP contribution in [-0.2, 0) is 9.53 Å². The summed E-state index contributed by atoms with van der Waals surface area (Å²) in [5.74, 6) is 1.64. The first-order chi connectivity index (χ1) is 12.5. The molecular formula is C19H32N4O2S. The summed E-state index contributed by atoms with van der Waals surface area (Å²) < 4.78 is 5.87. The molecule has 1 atom stereocenters. The fraction of sp³-hybridized carbons (Fsp3) is 0.579. The molecule has 0 aliphatic carbocycles. The van der Waals surface area contributed by atoms with Gasteiger partial charge in [0.15, 0.2) is 5.96 Å². The van der Waals surface area contributed by atoms with Gasteiger partial charge >= 0.3 is 0 Å². The van der Waals surface area contributed by atoms with E-state index in [4.69, 9.17) is 4.74 Å². The lowest BCUT2D eigenvalue weighted by Crippen LogP contribution is -2.40. The maximum absolute atomic E-state index is 11.7.